The van der Waals surface area contributed by atoms with Gasteiger partial charge in [0, 0.05) is 12.2 Å². The van der Waals surface area contributed by atoms with Gasteiger partial charge in [-0.2, -0.15) is 0 Å². The van der Waals surface area contributed by atoms with Gasteiger partial charge in [0.05, 0.1) is 6.61 Å². The van der Waals surface area contributed by atoms with Gasteiger partial charge in [-0.3, -0.25) is 4.79 Å². The highest BCUT2D eigenvalue weighted by Gasteiger charge is 2.26. The number of hydrogen-bond donors (Lipinski definition) is 2. The molecule has 1 aromatic rings. The van der Waals surface area contributed by atoms with E-state index in [0.29, 0.717) is 18.8 Å². The Hall–Kier alpha value is -1.46. The monoisotopic (exact) mass is 238 g/mol. The first-order chi connectivity index (χ1) is 8.22. The SMILES string of the molecule is O=C1C(CO)NCCCN1c1ccc(F)cc1. The van der Waals surface area contributed by atoms with Gasteiger partial charge in [-0.15, -0.1) is 0 Å². The van der Waals surface area contributed by atoms with Crippen molar-refractivity contribution in [3.05, 3.63) is 30.1 Å². The molecule has 0 radical (unpaired) electrons. The van der Waals surface area contributed by atoms with Crippen LogP contribution in [0, 0.1) is 5.82 Å². The van der Waals surface area contributed by atoms with Crippen molar-refractivity contribution in [1.29, 1.82) is 0 Å². The second-order valence-electron chi connectivity index (χ2n) is 4.01. The average molecular weight is 238 g/mol. The van der Waals surface area contributed by atoms with Crippen LogP contribution in [0.3, 0.4) is 0 Å². The molecule has 1 amide bonds. The lowest BCUT2D eigenvalue weighted by molar-refractivity contribution is -0.121. The molecule has 1 aliphatic rings. The summed E-state index contributed by atoms with van der Waals surface area (Å²) in [5, 5.41) is 12.1. The Kier molecular flexibility index (Phi) is 3.71. The molecule has 0 saturated carbocycles. The van der Waals surface area contributed by atoms with E-state index < -0.39 is 6.04 Å². The van der Waals surface area contributed by atoms with E-state index in [-0.39, 0.29) is 18.3 Å². The molecule has 2 N–H and O–H groups in total. The van der Waals surface area contributed by atoms with E-state index >= 15 is 0 Å². The smallest absolute Gasteiger partial charge is 0.246 e. The molecule has 5 heteroatoms. The fourth-order valence-corrected chi connectivity index (χ4v) is 1.92. The van der Waals surface area contributed by atoms with Gasteiger partial charge in [0.15, 0.2) is 0 Å². The summed E-state index contributed by atoms with van der Waals surface area (Å²) in [6.45, 7) is 1.04. The Morgan fingerprint density at radius 3 is 2.76 bits per heavy atom. The molecule has 4 nitrogen and oxygen atoms in total. The van der Waals surface area contributed by atoms with Crippen LogP contribution in [0.15, 0.2) is 24.3 Å². The predicted octanol–water partition coefficient (Wildman–Crippen LogP) is 0.513. The molecule has 1 aliphatic heterocycles. The molecular weight excluding hydrogens is 223 g/mol. The van der Waals surface area contributed by atoms with Crippen molar-refractivity contribution < 1.29 is 14.3 Å². The van der Waals surface area contributed by atoms with Crippen molar-refractivity contribution in [2.45, 2.75) is 12.5 Å². The number of hydrogen-bond acceptors (Lipinski definition) is 3. The molecule has 1 atom stereocenters. The van der Waals surface area contributed by atoms with Crippen molar-refractivity contribution in [1.82, 2.24) is 5.32 Å². The number of nitrogens with zero attached hydrogens (tertiary/aromatic N) is 1. The van der Waals surface area contributed by atoms with Gasteiger partial charge in [0.1, 0.15) is 11.9 Å². The number of carbonyl (C=O) groups excluding carboxylic acids is 1. The second kappa shape index (κ2) is 5.25. The lowest BCUT2D eigenvalue weighted by Crippen LogP contribution is -2.45. The van der Waals surface area contributed by atoms with Gasteiger partial charge in [-0.25, -0.2) is 4.39 Å². The number of halogens is 1. The molecular formula is C12H15FN2O2. The minimum absolute atomic E-state index is 0.170. The Bertz CT molecular complexity index is 394. The van der Waals surface area contributed by atoms with E-state index in [1.165, 1.54) is 12.1 Å². The lowest BCUT2D eigenvalue weighted by Gasteiger charge is -2.23. The Balaban J connectivity index is 2.23. The van der Waals surface area contributed by atoms with E-state index in [2.05, 4.69) is 5.32 Å². The number of rotatable bonds is 2. The highest BCUT2D eigenvalue weighted by Crippen LogP contribution is 2.17. The first-order valence-corrected chi connectivity index (χ1v) is 5.63. The zero-order chi connectivity index (χ0) is 12.3. The summed E-state index contributed by atoms with van der Waals surface area (Å²) >= 11 is 0. The summed E-state index contributed by atoms with van der Waals surface area (Å²) in [5.74, 6) is -0.496. The minimum Gasteiger partial charge on any atom is -0.394 e. The van der Waals surface area contributed by atoms with Crippen LogP contribution in [0.4, 0.5) is 10.1 Å². The van der Waals surface area contributed by atoms with Crippen molar-refractivity contribution in [2.24, 2.45) is 0 Å². The number of aliphatic hydroxyl groups excluding tert-OH is 1. The van der Waals surface area contributed by atoms with Crippen LogP contribution in [0.25, 0.3) is 0 Å². The summed E-state index contributed by atoms with van der Waals surface area (Å²) in [4.78, 5) is 13.7. The quantitative estimate of drug-likeness (QED) is 0.789. The third-order valence-electron chi connectivity index (χ3n) is 2.83. The first-order valence-electron chi connectivity index (χ1n) is 5.63. The molecule has 0 aromatic heterocycles. The van der Waals surface area contributed by atoms with Crippen LogP contribution >= 0.6 is 0 Å². The molecule has 17 heavy (non-hydrogen) atoms. The summed E-state index contributed by atoms with van der Waals surface area (Å²) in [7, 11) is 0. The van der Waals surface area contributed by atoms with Gasteiger partial charge < -0.3 is 15.3 Å². The number of amides is 1. The number of anilines is 1. The fourth-order valence-electron chi connectivity index (χ4n) is 1.92. The summed E-state index contributed by atoms with van der Waals surface area (Å²) in [6, 6.07) is 5.24. The van der Waals surface area contributed by atoms with Gasteiger partial charge in [-0.1, -0.05) is 0 Å². The van der Waals surface area contributed by atoms with E-state index in [9.17, 15) is 9.18 Å². The van der Waals surface area contributed by atoms with E-state index in [1.54, 1.807) is 17.0 Å². The third-order valence-corrected chi connectivity index (χ3v) is 2.83. The van der Waals surface area contributed by atoms with Crippen LogP contribution in [-0.2, 0) is 4.79 Å². The first kappa shape index (κ1) is 12.0. The van der Waals surface area contributed by atoms with E-state index in [1.807, 2.05) is 0 Å². The second-order valence-corrected chi connectivity index (χ2v) is 4.01. The number of nitrogens with one attached hydrogen (secondary N) is 1. The maximum atomic E-state index is 12.8. The molecule has 92 valence electrons. The molecule has 1 saturated heterocycles. The Labute approximate surface area is 99.0 Å². The van der Waals surface area contributed by atoms with Crippen LogP contribution in [0.1, 0.15) is 6.42 Å². The maximum absolute atomic E-state index is 12.8. The highest BCUT2D eigenvalue weighted by molar-refractivity contribution is 5.97. The minimum atomic E-state index is -0.567. The molecule has 1 aromatic carbocycles. The highest BCUT2D eigenvalue weighted by atomic mass is 19.1. The zero-order valence-electron chi connectivity index (χ0n) is 9.40. The number of benzene rings is 1. The molecule has 1 fully saturated rings. The van der Waals surface area contributed by atoms with Crippen LogP contribution in [0.5, 0.6) is 0 Å². The molecule has 0 bridgehead atoms. The Morgan fingerprint density at radius 1 is 1.41 bits per heavy atom. The van der Waals surface area contributed by atoms with Crippen LogP contribution < -0.4 is 10.2 Å². The summed E-state index contributed by atoms with van der Waals surface area (Å²) in [6.07, 6.45) is 0.805. The van der Waals surface area contributed by atoms with Crippen molar-refractivity contribution >= 4 is 11.6 Å². The molecule has 2 rings (SSSR count). The van der Waals surface area contributed by atoms with E-state index in [4.69, 9.17) is 5.11 Å². The van der Waals surface area contributed by atoms with Gasteiger partial charge >= 0.3 is 0 Å². The van der Waals surface area contributed by atoms with Crippen molar-refractivity contribution in [2.75, 3.05) is 24.6 Å². The molecule has 0 spiro atoms. The fraction of sp³-hybridized carbons (Fsp3) is 0.417. The standard InChI is InChI=1S/C12H15FN2O2/c13-9-2-4-10(5-3-9)15-7-1-6-14-11(8-16)12(15)17/h2-5,11,14,16H,1,6-8H2. The molecule has 0 aliphatic carbocycles. The van der Waals surface area contributed by atoms with Gasteiger partial charge in [-0.05, 0) is 37.2 Å². The normalized spacial score (nSPS) is 21.4. The van der Waals surface area contributed by atoms with Crippen molar-refractivity contribution in [3.8, 4) is 0 Å². The van der Waals surface area contributed by atoms with Gasteiger partial charge in [0.2, 0.25) is 5.91 Å². The number of aliphatic hydroxyl groups is 1. The number of carbonyl (C=O) groups is 1. The largest absolute Gasteiger partial charge is 0.394 e. The third kappa shape index (κ3) is 2.62. The van der Waals surface area contributed by atoms with Crippen molar-refractivity contribution in [3.63, 3.8) is 0 Å². The average Bonchev–Trinajstić information content (AvgIpc) is 2.52. The summed E-state index contributed by atoms with van der Waals surface area (Å²) in [5.41, 5.74) is 0.665. The Morgan fingerprint density at radius 2 is 2.12 bits per heavy atom. The van der Waals surface area contributed by atoms with Crippen LogP contribution in [0.2, 0.25) is 0 Å². The lowest BCUT2D eigenvalue weighted by atomic mass is 10.2. The maximum Gasteiger partial charge on any atom is 0.246 e. The van der Waals surface area contributed by atoms with Crippen LogP contribution in [-0.4, -0.2) is 36.8 Å². The predicted molar refractivity (Wildman–Crippen MR) is 62.2 cm³/mol. The van der Waals surface area contributed by atoms with E-state index in [0.717, 1.165) is 6.42 Å². The molecule has 1 unspecified atom stereocenters. The summed E-state index contributed by atoms with van der Waals surface area (Å²) < 4.78 is 12.8. The zero-order valence-corrected chi connectivity index (χ0v) is 9.40. The topological polar surface area (TPSA) is 52.6 Å². The molecule has 1 heterocycles. The van der Waals surface area contributed by atoms with Gasteiger partial charge in [0.25, 0.3) is 0 Å².